The van der Waals surface area contributed by atoms with Crippen LogP contribution < -0.4 is 0 Å². The molecule has 1 atom stereocenters. The molecule has 2 rings (SSSR count). The van der Waals surface area contributed by atoms with Crippen LogP contribution in [-0.4, -0.2) is 30.5 Å². The maximum atomic E-state index is 13.5. The quantitative estimate of drug-likeness (QED) is 0.713. The third-order valence-corrected chi connectivity index (χ3v) is 6.01. The monoisotopic (exact) mass is 405 g/mol. The van der Waals surface area contributed by atoms with Crippen molar-refractivity contribution in [2.75, 3.05) is 6.61 Å². The summed E-state index contributed by atoms with van der Waals surface area (Å²) < 4.78 is 79.4. The molecule has 0 aliphatic rings. The Labute approximate surface area is 155 Å². The van der Waals surface area contributed by atoms with E-state index in [2.05, 4.69) is 0 Å². The van der Waals surface area contributed by atoms with Gasteiger partial charge in [0.2, 0.25) is 10.0 Å². The second kappa shape index (κ2) is 8.37. The number of halogens is 4. The molecule has 2 aromatic carbocycles. The zero-order chi connectivity index (χ0) is 20.2. The van der Waals surface area contributed by atoms with Crippen LogP contribution in [0.1, 0.15) is 24.5 Å². The summed E-state index contributed by atoms with van der Waals surface area (Å²) in [5.74, 6) is -1.55. The minimum Gasteiger partial charge on any atom is -0.395 e. The summed E-state index contributed by atoms with van der Waals surface area (Å²) in [7, 11) is -4.42. The van der Waals surface area contributed by atoms with E-state index in [4.69, 9.17) is 0 Å². The summed E-state index contributed by atoms with van der Waals surface area (Å²) in [4.78, 5) is -0.681. The molecule has 0 fully saturated rings. The molecule has 0 aliphatic heterocycles. The van der Waals surface area contributed by atoms with Gasteiger partial charge in [-0.1, -0.05) is 37.3 Å². The first kappa shape index (κ1) is 21.3. The molecule has 0 heterocycles. The summed E-state index contributed by atoms with van der Waals surface area (Å²) in [5, 5.41) is 9.57. The Morgan fingerprint density at radius 2 is 1.74 bits per heavy atom. The predicted molar refractivity (Wildman–Crippen MR) is 91.7 cm³/mol. The lowest BCUT2D eigenvalue weighted by Crippen LogP contribution is -2.41. The summed E-state index contributed by atoms with van der Waals surface area (Å²) in [6, 6.07) is 9.18. The first-order valence-corrected chi connectivity index (χ1v) is 9.58. The van der Waals surface area contributed by atoms with Crippen LogP contribution in [0.4, 0.5) is 17.6 Å². The molecular weight excluding hydrogens is 386 g/mol. The number of benzene rings is 2. The number of alkyl halides is 3. The molecule has 0 aliphatic carbocycles. The van der Waals surface area contributed by atoms with E-state index >= 15 is 0 Å². The first-order chi connectivity index (χ1) is 12.6. The standard InChI is InChI=1S/C18H19F4NO3S/c1-2-14(12-24)23(11-13-6-4-3-5-7-13)27(25,26)15-8-9-17(19)16(10-15)18(20,21)22/h3-10,14,24H,2,11-12H2,1H3/t14-/m0/s1. The molecule has 2 aromatic rings. The van der Waals surface area contributed by atoms with Crippen molar-refractivity contribution in [3.63, 3.8) is 0 Å². The van der Waals surface area contributed by atoms with Gasteiger partial charge >= 0.3 is 6.18 Å². The van der Waals surface area contributed by atoms with E-state index in [1.165, 1.54) is 0 Å². The Balaban J connectivity index is 2.53. The lowest BCUT2D eigenvalue weighted by atomic mass is 10.2. The molecule has 4 nitrogen and oxygen atoms in total. The van der Waals surface area contributed by atoms with Crippen LogP contribution in [0.25, 0.3) is 0 Å². The Morgan fingerprint density at radius 3 is 2.26 bits per heavy atom. The molecule has 27 heavy (non-hydrogen) atoms. The van der Waals surface area contributed by atoms with Gasteiger partial charge in [0.05, 0.1) is 17.1 Å². The van der Waals surface area contributed by atoms with Crippen LogP contribution in [0.2, 0.25) is 0 Å². The highest BCUT2D eigenvalue weighted by Gasteiger charge is 2.37. The predicted octanol–water partition coefficient (Wildman–Crippen LogP) is 3.81. The van der Waals surface area contributed by atoms with Crippen molar-refractivity contribution < 1.29 is 31.1 Å². The molecule has 0 aromatic heterocycles. The van der Waals surface area contributed by atoms with E-state index in [-0.39, 0.29) is 19.0 Å². The first-order valence-electron chi connectivity index (χ1n) is 8.14. The normalized spacial score (nSPS) is 13.7. The summed E-state index contributed by atoms with van der Waals surface area (Å²) in [5.41, 5.74) is -1.05. The van der Waals surface area contributed by atoms with Gasteiger partial charge in [-0.05, 0) is 30.2 Å². The number of aliphatic hydroxyl groups is 1. The largest absolute Gasteiger partial charge is 0.419 e. The van der Waals surface area contributed by atoms with Crippen LogP contribution in [0.3, 0.4) is 0 Å². The fraction of sp³-hybridized carbons (Fsp3) is 0.333. The Morgan fingerprint density at radius 1 is 1.11 bits per heavy atom. The number of hydrogen-bond acceptors (Lipinski definition) is 3. The summed E-state index contributed by atoms with van der Waals surface area (Å²) >= 11 is 0. The fourth-order valence-corrected chi connectivity index (χ4v) is 4.32. The molecular formula is C18H19F4NO3S. The van der Waals surface area contributed by atoms with Crippen molar-refractivity contribution in [2.24, 2.45) is 0 Å². The van der Waals surface area contributed by atoms with Crippen molar-refractivity contribution >= 4 is 10.0 Å². The molecule has 148 valence electrons. The van der Waals surface area contributed by atoms with Crippen LogP contribution in [0.15, 0.2) is 53.4 Å². The van der Waals surface area contributed by atoms with Gasteiger partial charge in [-0.15, -0.1) is 0 Å². The van der Waals surface area contributed by atoms with Gasteiger partial charge in [-0.2, -0.15) is 17.5 Å². The van der Waals surface area contributed by atoms with Crippen LogP contribution >= 0.6 is 0 Å². The van der Waals surface area contributed by atoms with Crippen molar-refractivity contribution in [1.29, 1.82) is 0 Å². The van der Waals surface area contributed by atoms with Crippen molar-refractivity contribution in [3.05, 3.63) is 65.5 Å². The topological polar surface area (TPSA) is 57.6 Å². The van der Waals surface area contributed by atoms with Crippen LogP contribution in [-0.2, 0) is 22.7 Å². The Bertz CT molecular complexity index is 866. The minimum atomic E-state index is -5.03. The number of rotatable bonds is 7. The molecule has 0 spiro atoms. The van der Waals surface area contributed by atoms with Crippen LogP contribution in [0, 0.1) is 5.82 Å². The van der Waals surface area contributed by atoms with Gasteiger partial charge < -0.3 is 5.11 Å². The van der Waals surface area contributed by atoms with Gasteiger partial charge in [-0.25, -0.2) is 12.8 Å². The summed E-state index contributed by atoms with van der Waals surface area (Å²) in [6.07, 6.45) is -4.78. The van der Waals surface area contributed by atoms with Gasteiger partial charge in [0.15, 0.2) is 0 Å². The lowest BCUT2D eigenvalue weighted by molar-refractivity contribution is -0.140. The second-order valence-electron chi connectivity index (χ2n) is 5.92. The smallest absolute Gasteiger partial charge is 0.395 e. The SMILES string of the molecule is CC[C@@H](CO)N(Cc1ccccc1)S(=O)(=O)c1ccc(F)c(C(F)(F)F)c1. The van der Waals surface area contributed by atoms with Gasteiger partial charge in [-0.3, -0.25) is 0 Å². The van der Waals surface area contributed by atoms with E-state index in [1.807, 2.05) is 0 Å². The van der Waals surface area contributed by atoms with E-state index in [1.54, 1.807) is 37.3 Å². The van der Waals surface area contributed by atoms with Gasteiger partial charge in [0, 0.05) is 12.6 Å². The minimum absolute atomic E-state index is 0.138. The number of nitrogens with zero attached hydrogens (tertiary/aromatic N) is 1. The van der Waals surface area contributed by atoms with Crippen molar-refractivity contribution in [3.8, 4) is 0 Å². The highest BCUT2D eigenvalue weighted by Crippen LogP contribution is 2.34. The van der Waals surface area contributed by atoms with E-state index in [9.17, 15) is 31.1 Å². The zero-order valence-electron chi connectivity index (χ0n) is 14.4. The Kier molecular flexibility index (Phi) is 6.61. The lowest BCUT2D eigenvalue weighted by Gasteiger charge is -2.29. The van der Waals surface area contributed by atoms with Gasteiger partial charge in [0.25, 0.3) is 0 Å². The molecule has 1 N–H and O–H groups in total. The van der Waals surface area contributed by atoms with E-state index in [0.717, 1.165) is 10.4 Å². The summed E-state index contributed by atoms with van der Waals surface area (Å²) in [6.45, 7) is 1.01. The van der Waals surface area contributed by atoms with Gasteiger partial charge in [0.1, 0.15) is 5.82 Å². The van der Waals surface area contributed by atoms with E-state index in [0.29, 0.717) is 11.6 Å². The maximum Gasteiger partial charge on any atom is 0.419 e. The average Bonchev–Trinajstić information content (AvgIpc) is 2.62. The van der Waals surface area contributed by atoms with Crippen molar-refractivity contribution in [1.82, 2.24) is 4.31 Å². The highest BCUT2D eigenvalue weighted by atomic mass is 32.2. The number of aliphatic hydroxyl groups excluding tert-OH is 1. The molecule has 0 unspecified atom stereocenters. The fourth-order valence-electron chi connectivity index (χ4n) is 2.61. The molecule has 0 saturated heterocycles. The zero-order valence-corrected chi connectivity index (χ0v) is 15.3. The average molecular weight is 405 g/mol. The van der Waals surface area contributed by atoms with Crippen LogP contribution in [0.5, 0.6) is 0 Å². The highest BCUT2D eigenvalue weighted by molar-refractivity contribution is 7.89. The van der Waals surface area contributed by atoms with E-state index < -0.39 is 45.1 Å². The molecule has 0 radical (unpaired) electrons. The van der Waals surface area contributed by atoms with Crippen molar-refractivity contribution in [2.45, 2.75) is 37.0 Å². The molecule has 0 saturated carbocycles. The third kappa shape index (κ3) is 4.85. The molecule has 9 heteroatoms. The maximum absolute atomic E-state index is 13.5. The number of hydrogen-bond donors (Lipinski definition) is 1. The Hall–Kier alpha value is -1.97. The molecule has 0 amide bonds. The number of sulfonamides is 1. The molecule has 0 bridgehead atoms. The third-order valence-electron chi connectivity index (χ3n) is 4.12. The second-order valence-corrected chi connectivity index (χ2v) is 7.81.